The largest absolute Gasteiger partial charge is 0.459 e. The summed E-state index contributed by atoms with van der Waals surface area (Å²) >= 11 is 0. The summed E-state index contributed by atoms with van der Waals surface area (Å²) in [6.45, 7) is 7.45. The van der Waals surface area contributed by atoms with Crippen LogP contribution in [0, 0.1) is 5.92 Å². The number of nitrogens with one attached hydrogen (secondary N) is 2. The first-order valence-corrected chi connectivity index (χ1v) is 9.70. The molecule has 0 spiro atoms. The monoisotopic (exact) mass is 394 g/mol. The van der Waals surface area contributed by atoms with E-state index >= 15 is 0 Å². The number of hydrogen-bond acceptors (Lipinski definition) is 4. The Morgan fingerprint density at radius 3 is 2.31 bits per heavy atom. The molecule has 6 nitrogen and oxygen atoms in total. The maximum atomic E-state index is 12.9. The number of esters is 1. The topological polar surface area (TPSA) is 76.7 Å². The maximum Gasteiger partial charge on any atom is 0.338 e. The van der Waals surface area contributed by atoms with E-state index < -0.39 is 12.0 Å². The van der Waals surface area contributed by atoms with Gasteiger partial charge in [-0.1, -0.05) is 44.2 Å². The first-order chi connectivity index (χ1) is 13.8. The van der Waals surface area contributed by atoms with E-state index in [-0.39, 0.29) is 18.1 Å². The van der Waals surface area contributed by atoms with Gasteiger partial charge >= 0.3 is 12.0 Å². The van der Waals surface area contributed by atoms with E-state index in [0.717, 1.165) is 5.56 Å². The van der Waals surface area contributed by atoms with Gasteiger partial charge in [0.15, 0.2) is 0 Å². The number of carbonyl (C=O) groups excluding carboxylic acids is 2. The van der Waals surface area contributed by atoms with Crippen LogP contribution < -0.4 is 15.4 Å². The molecule has 0 bridgehead atoms. The third kappa shape index (κ3) is 4.96. The molecule has 0 saturated heterocycles. The summed E-state index contributed by atoms with van der Waals surface area (Å²) < 4.78 is 11.4. The number of hydrogen-bond donors (Lipinski definition) is 2. The van der Waals surface area contributed by atoms with Crippen molar-refractivity contribution in [2.45, 2.75) is 39.8 Å². The van der Waals surface area contributed by atoms with Crippen LogP contribution in [-0.4, -0.2) is 18.1 Å². The molecule has 0 aromatic heterocycles. The number of para-hydroxylation sites is 1. The van der Waals surface area contributed by atoms with E-state index in [2.05, 4.69) is 10.6 Å². The minimum Gasteiger partial charge on any atom is -0.459 e. The van der Waals surface area contributed by atoms with Crippen molar-refractivity contribution in [3.8, 4) is 11.5 Å². The van der Waals surface area contributed by atoms with E-state index in [1.54, 1.807) is 13.8 Å². The molecule has 3 rings (SSSR count). The van der Waals surface area contributed by atoms with Gasteiger partial charge in [0.1, 0.15) is 11.5 Å². The second-order valence-electron chi connectivity index (χ2n) is 7.46. The lowest BCUT2D eigenvalue weighted by molar-refractivity contribution is -0.143. The average molecular weight is 394 g/mol. The van der Waals surface area contributed by atoms with Gasteiger partial charge < -0.3 is 20.1 Å². The van der Waals surface area contributed by atoms with Crippen molar-refractivity contribution in [2.24, 2.45) is 5.92 Å². The standard InChI is InChI=1S/C23H26N2O4/c1-14(2)20-19(22(26)28-15(3)4)21(25-23(27)24-20)16-9-8-12-18(13-16)29-17-10-6-5-7-11-17/h5-15,21H,1-4H3,(H2,24,25,27). The van der Waals surface area contributed by atoms with Gasteiger partial charge in [0, 0.05) is 5.70 Å². The fourth-order valence-corrected chi connectivity index (χ4v) is 3.18. The second kappa shape index (κ2) is 8.82. The van der Waals surface area contributed by atoms with Crippen LogP contribution in [0.15, 0.2) is 65.9 Å². The lowest BCUT2D eigenvalue weighted by atomic mass is 9.91. The predicted octanol–water partition coefficient (Wildman–Crippen LogP) is 4.69. The molecular formula is C23H26N2O4. The zero-order valence-electron chi connectivity index (χ0n) is 17.1. The number of amides is 2. The number of carbonyl (C=O) groups is 2. The van der Waals surface area contributed by atoms with Gasteiger partial charge in [-0.05, 0) is 49.6 Å². The number of allylic oxidation sites excluding steroid dienone is 1. The average Bonchev–Trinajstić information content (AvgIpc) is 2.67. The molecule has 29 heavy (non-hydrogen) atoms. The van der Waals surface area contributed by atoms with Gasteiger partial charge in [-0.25, -0.2) is 9.59 Å². The summed E-state index contributed by atoms with van der Waals surface area (Å²) in [5.41, 5.74) is 1.71. The molecule has 1 atom stereocenters. The lowest BCUT2D eigenvalue weighted by Crippen LogP contribution is -2.47. The summed E-state index contributed by atoms with van der Waals surface area (Å²) in [6.07, 6.45) is -0.269. The van der Waals surface area contributed by atoms with Crippen molar-refractivity contribution in [1.29, 1.82) is 0 Å². The fraction of sp³-hybridized carbons (Fsp3) is 0.304. The molecule has 152 valence electrons. The Morgan fingerprint density at radius 1 is 0.966 bits per heavy atom. The Bertz CT molecular complexity index is 919. The highest BCUT2D eigenvalue weighted by molar-refractivity contribution is 5.95. The Morgan fingerprint density at radius 2 is 1.66 bits per heavy atom. The maximum absolute atomic E-state index is 12.9. The Labute approximate surface area is 170 Å². The molecule has 2 aromatic carbocycles. The van der Waals surface area contributed by atoms with Gasteiger partial charge in [0.2, 0.25) is 0 Å². The van der Waals surface area contributed by atoms with E-state index in [9.17, 15) is 9.59 Å². The minimum absolute atomic E-state index is 0.0537. The Balaban J connectivity index is 2.00. The molecule has 1 unspecified atom stereocenters. The number of benzene rings is 2. The molecule has 1 heterocycles. The first-order valence-electron chi connectivity index (χ1n) is 9.70. The Hall–Kier alpha value is -3.28. The van der Waals surface area contributed by atoms with Crippen molar-refractivity contribution in [2.75, 3.05) is 0 Å². The number of rotatable bonds is 6. The molecule has 0 saturated carbocycles. The van der Waals surface area contributed by atoms with Crippen LogP contribution in [0.2, 0.25) is 0 Å². The van der Waals surface area contributed by atoms with Crippen molar-refractivity contribution in [3.63, 3.8) is 0 Å². The van der Waals surface area contributed by atoms with E-state index in [1.807, 2.05) is 68.4 Å². The summed E-state index contributed by atoms with van der Waals surface area (Å²) in [5, 5.41) is 5.62. The van der Waals surface area contributed by atoms with Gasteiger partial charge in [0.05, 0.1) is 17.7 Å². The zero-order chi connectivity index (χ0) is 21.0. The first kappa shape index (κ1) is 20.5. The molecule has 1 aliphatic heterocycles. The smallest absolute Gasteiger partial charge is 0.338 e. The SMILES string of the molecule is CC(C)OC(=O)C1=C(C(C)C)NC(=O)NC1c1cccc(Oc2ccccc2)c1. The van der Waals surface area contributed by atoms with Gasteiger partial charge in [0.25, 0.3) is 0 Å². The fourth-order valence-electron chi connectivity index (χ4n) is 3.18. The van der Waals surface area contributed by atoms with Crippen LogP contribution in [0.5, 0.6) is 11.5 Å². The van der Waals surface area contributed by atoms with E-state index in [0.29, 0.717) is 22.8 Å². The van der Waals surface area contributed by atoms with E-state index in [1.165, 1.54) is 0 Å². The highest BCUT2D eigenvalue weighted by atomic mass is 16.5. The minimum atomic E-state index is -0.633. The van der Waals surface area contributed by atoms with Crippen LogP contribution >= 0.6 is 0 Å². The van der Waals surface area contributed by atoms with Gasteiger partial charge in [-0.3, -0.25) is 0 Å². The van der Waals surface area contributed by atoms with Crippen LogP contribution in [0.4, 0.5) is 4.79 Å². The normalized spacial score (nSPS) is 16.5. The van der Waals surface area contributed by atoms with Crippen LogP contribution in [0.3, 0.4) is 0 Å². The zero-order valence-corrected chi connectivity index (χ0v) is 17.1. The van der Waals surface area contributed by atoms with Crippen molar-refractivity contribution < 1.29 is 19.1 Å². The second-order valence-corrected chi connectivity index (χ2v) is 7.46. The molecular weight excluding hydrogens is 368 g/mol. The van der Waals surface area contributed by atoms with Crippen LogP contribution in [0.25, 0.3) is 0 Å². The van der Waals surface area contributed by atoms with Gasteiger partial charge in [-0.15, -0.1) is 0 Å². The molecule has 6 heteroatoms. The third-order valence-corrected chi connectivity index (χ3v) is 4.41. The van der Waals surface area contributed by atoms with Crippen molar-refractivity contribution >= 4 is 12.0 Å². The van der Waals surface area contributed by atoms with Gasteiger partial charge in [-0.2, -0.15) is 0 Å². The molecule has 0 fully saturated rings. The predicted molar refractivity (Wildman–Crippen MR) is 110 cm³/mol. The molecule has 2 aromatic rings. The van der Waals surface area contributed by atoms with Crippen molar-refractivity contribution in [1.82, 2.24) is 10.6 Å². The molecule has 1 aliphatic rings. The quantitative estimate of drug-likeness (QED) is 0.697. The summed E-state index contributed by atoms with van der Waals surface area (Å²) in [4.78, 5) is 25.2. The lowest BCUT2D eigenvalue weighted by Gasteiger charge is -2.31. The van der Waals surface area contributed by atoms with Crippen molar-refractivity contribution in [3.05, 3.63) is 71.4 Å². The molecule has 2 N–H and O–H groups in total. The summed E-state index contributed by atoms with van der Waals surface area (Å²) in [5.74, 6) is 0.818. The highest BCUT2D eigenvalue weighted by Gasteiger charge is 2.35. The molecule has 2 amide bonds. The number of urea groups is 1. The van der Waals surface area contributed by atoms with Crippen LogP contribution in [-0.2, 0) is 9.53 Å². The number of ether oxygens (including phenoxy) is 2. The summed E-state index contributed by atoms with van der Waals surface area (Å²) in [6, 6.07) is 15.8. The van der Waals surface area contributed by atoms with Crippen LogP contribution in [0.1, 0.15) is 39.3 Å². The molecule has 0 radical (unpaired) electrons. The molecule has 0 aliphatic carbocycles. The Kier molecular flexibility index (Phi) is 6.22. The highest BCUT2D eigenvalue weighted by Crippen LogP contribution is 2.33. The van der Waals surface area contributed by atoms with E-state index in [4.69, 9.17) is 9.47 Å². The third-order valence-electron chi connectivity index (χ3n) is 4.41. The summed E-state index contributed by atoms with van der Waals surface area (Å²) in [7, 11) is 0.